The van der Waals surface area contributed by atoms with E-state index in [1.807, 2.05) is 13.0 Å². The highest BCUT2D eigenvalue weighted by Crippen LogP contribution is 2.10. The molecule has 1 heterocycles. The van der Waals surface area contributed by atoms with Crippen molar-refractivity contribution in [1.82, 2.24) is 15.0 Å². The Kier molecular flexibility index (Phi) is 1.81. The van der Waals surface area contributed by atoms with E-state index >= 15 is 0 Å². The standard InChI is InChI=1S/C9H8FN3/c1-7-4-8(10)6-9(5-7)13-11-2-3-12-13/h2-6H,1H3. The highest BCUT2D eigenvalue weighted by Gasteiger charge is 2.00. The van der Waals surface area contributed by atoms with Gasteiger partial charge in [-0.05, 0) is 24.6 Å². The average Bonchev–Trinajstić information content (AvgIpc) is 2.53. The average molecular weight is 177 g/mol. The Morgan fingerprint density at radius 1 is 1.15 bits per heavy atom. The molecule has 0 amide bonds. The Morgan fingerprint density at radius 3 is 2.46 bits per heavy atom. The number of nitrogens with zero attached hydrogens (tertiary/aromatic N) is 3. The molecule has 3 nitrogen and oxygen atoms in total. The monoisotopic (exact) mass is 177 g/mol. The molecule has 0 atom stereocenters. The van der Waals surface area contributed by atoms with Gasteiger partial charge in [0.25, 0.3) is 0 Å². The van der Waals surface area contributed by atoms with Crippen LogP contribution < -0.4 is 0 Å². The molecule has 1 aromatic heterocycles. The number of benzene rings is 1. The molecule has 0 unspecified atom stereocenters. The van der Waals surface area contributed by atoms with Crippen LogP contribution in [0.4, 0.5) is 4.39 Å². The fourth-order valence-corrected chi connectivity index (χ4v) is 1.18. The largest absolute Gasteiger partial charge is 0.207 e. The lowest BCUT2D eigenvalue weighted by Crippen LogP contribution is -1.99. The van der Waals surface area contributed by atoms with E-state index in [2.05, 4.69) is 10.2 Å². The quantitative estimate of drug-likeness (QED) is 0.664. The van der Waals surface area contributed by atoms with Crippen LogP contribution in [0.5, 0.6) is 0 Å². The normalized spacial score (nSPS) is 10.3. The molecule has 2 rings (SSSR count). The highest BCUT2D eigenvalue weighted by molar-refractivity contribution is 5.33. The SMILES string of the molecule is Cc1cc(F)cc(-n2nccn2)c1. The molecule has 0 saturated carbocycles. The van der Waals surface area contributed by atoms with Crippen LogP contribution in [0.15, 0.2) is 30.6 Å². The first-order chi connectivity index (χ1) is 6.25. The molecule has 0 aliphatic carbocycles. The van der Waals surface area contributed by atoms with Gasteiger partial charge in [0, 0.05) is 6.07 Å². The van der Waals surface area contributed by atoms with Gasteiger partial charge >= 0.3 is 0 Å². The zero-order chi connectivity index (χ0) is 9.26. The molecular weight excluding hydrogens is 169 g/mol. The van der Waals surface area contributed by atoms with E-state index in [9.17, 15) is 4.39 Å². The molecule has 13 heavy (non-hydrogen) atoms. The second-order valence-corrected chi connectivity index (χ2v) is 2.81. The van der Waals surface area contributed by atoms with Crippen molar-refractivity contribution in [2.45, 2.75) is 6.92 Å². The van der Waals surface area contributed by atoms with Crippen molar-refractivity contribution >= 4 is 0 Å². The fourth-order valence-electron chi connectivity index (χ4n) is 1.18. The van der Waals surface area contributed by atoms with Gasteiger partial charge in [-0.25, -0.2) is 4.39 Å². The summed E-state index contributed by atoms with van der Waals surface area (Å²) < 4.78 is 13.0. The third-order valence-corrected chi connectivity index (χ3v) is 1.68. The molecule has 66 valence electrons. The van der Waals surface area contributed by atoms with Crippen molar-refractivity contribution in [2.75, 3.05) is 0 Å². The van der Waals surface area contributed by atoms with Gasteiger partial charge in [0.05, 0.1) is 18.1 Å². The van der Waals surface area contributed by atoms with E-state index in [0.29, 0.717) is 5.69 Å². The summed E-state index contributed by atoms with van der Waals surface area (Å²) in [4.78, 5) is 1.38. The minimum absolute atomic E-state index is 0.271. The van der Waals surface area contributed by atoms with Crippen molar-refractivity contribution in [3.63, 3.8) is 0 Å². The lowest BCUT2D eigenvalue weighted by Gasteiger charge is -2.00. The van der Waals surface area contributed by atoms with Gasteiger partial charge in [-0.15, -0.1) is 0 Å². The Hall–Kier alpha value is -1.71. The Morgan fingerprint density at radius 2 is 1.85 bits per heavy atom. The summed E-state index contributed by atoms with van der Waals surface area (Å²) in [5.41, 5.74) is 1.50. The molecule has 1 aromatic carbocycles. The van der Waals surface area contributed by atoms with Crippen molar-refractivity contribution < 1.29 is 4.39 Å². The van der Waals surface area contributed by atoms with Crippen LogP contribution in [0.25, 0.3) is 5.69 Å². The lowest BCUT2D eigenvalue weighted by molar-refractivity contribution is 0.621. The van der Waals surface area contributed by atoms with Crippen LogP contribution in [0, 0.1) is 12.7 Å². The van der Waals surface area contributed by atoms with Crippen LogP contribution in [-0.2, 0) is 0 Å². The number of aryl methyl sites for hydroxylation is 1. The Balaban J connectivity index is 2.53. The third kappa shape index (κ3) is 1.56. The maximum atomic E-state index is 13.0. The molecule has 2 aromatic rings. The van der Waals surface area contributed by atoms with Gasteiger partial charge in [0.1, 0.15) is 5.82 Å². The molecule has 0 fully saturated rings. The summed E-state index contributed by atoms with van der Waals surface area (Å²) in [6, 6.07) is 4.68. The molecule has 4 heteroatoms. The predicted octanol–water partition coefficient (Wildman–Crippen LogP) is 1.71. The number of aromatic nitrogens is 3. The number of hydrogen-bond acceptors (Lipinski definition) is 2. The molecule has 0 aliphatic heterocycles. The smallest absolute Gasteiger partial charge is 0.125 e. The van der Waals surface area contributed by atoms with Gasteiger partial charge in [0.15, 0.2) is 0 Å². The maximum Gasteiger partial charge on any atom is 0.125 e. The third-order valence-electron chi connectivity index (χ3n) is 1.68. The van der Waals surface area contributed by atoms with E-state index < -0.39 is 0 Å². The van der Waals surface area contributed by atoms with Gasteiger partial charge in [-0.3, -0.25) is 0 Å². The van der Waals surface area contributed by atoms with Gasteiger partial charge in [-0.1, -0.05) is 0 Å². The molecule has 0 bridgehead atoms. The van der Waals surface area contributed by atoms with Crippen LogP contribution in [0.1, 0.15) is 5.56 Å². The summed E-state index contributed by atoms with van der Waals surface area (Å²) >= 11 is 0. The van der Waals surface area contributed by atoms with Crippen LogP contribution >= 0.6 is 0 Å². The highest BCUT2D eigenvalue weighted by atomic mass is 19.1. The van der Waals surface area contributed by atoms with Crippen molar-refractivity contribution in [1.29, 1.82) is 0 Å². The zero-order valence-corrected chi connectivity index (χ0v) is 7.11. The second kappa shape index (κ2) is 2.97. The van der Waals surface area contributed by atoms with Crippen molar-refractivity contribution in [3.05, 3.63) is 42.0 Å². The van der Waals surface area contributed by atoms with Crippen molar-refractivity contribution in [2.24, 2.45) is 0 Å². The first kappa shape index (κ1) is 7.91. The van der Waals surface area contributed by atoms with Gasteiger partial charge < -0.3 is 0 Å². The second-order valence-electron chi connectivity index (χ2n) is 2.81. The molecule has 0 N–H and O–H groups in total. The first-order valence-corrected chi connectivity index (χ1v) is 3.89. The minimum atomic E-state index is -0.271. The van der Waals surface area contributed by atoms with Gasteiger partial charge in [0.2, 0.25) is 0 Å². The summed E-state index contributed by atoms with van der Waals surface area (Å²) in [5.74, 6) is -0.271. The maximum absolute atomic E-state index is 13.0. The number of halogens is 1. The summed E-state index contributed by atoms with van der Waals surface area (Å²) in [7, 11) is 0. The number of rotatable bonds is 1. The van der Waals surface area contributed by atoms with Crippen LogP contribution in [0.3, 0.4) is 0 Å². The minimum Gasteiger partial charge on any atom is -0.207 e. The van der Waals surface area contributed by atoms with E-state index in [0.717, 1.165) is 5.56 Å². The summed E-state index contributed by atoms with van der Waals surface area (Å²) in [5, 5.41) is 7.82. The molecule has 0 aliphatic rings. The topological polar surface area (TPSA) is 30.7 Å². The van der Waals surface area contributed by atoms with Crippen LogP contribution in [0.2, 0.25) is 0 Å². The fraction of sp³-hybridized carbons (Fsp3) is 0.111. The lowest BCUT2D eigenvalue weighted by atomic mass is 10.2. The van der Waals surface area contributed by atoms with E-state index in [4.69, 9.17) is 0 Å². The van der Waals surface area contributed by atoms with Crippen molar-refractivity contribution in [3.8, 4) is 5.69 Å². The Bertz CT molecular complexity index is 389. The zero-order valence-electron chi connectivity index (χ0n) is 7.11. The van der Waals surface area contributed by atoms with E-state index in [1.54, 1.807) is 12.4 Å². The van der Waals surface area contributed by atoms with E-state index in [1.165, 1.54) is 16.9 Å². The van der Waals surface area contributed by atoms with Gasteiger partial charge in [-0.2, -0.15) is 15.0 Å². The number of hydrogen-bond donors (Lipinski definition) is 0. The molecule has 0 spiro atoms. The molecular formula is C9H8FN3. The predicted molar refractivity (Wildman–Crippen MR) is 46.1 cm³/mol. The summed E-state index contributed by atoms with van der Waals surface area (Å²) in [6.45, 7) is 1.83. The Labute approximate surface area is 74.8 Å². The summed E-state index contributed by atoms with van der Waals surface area (Å²) in [6.07, 6.45) is 3.11. The first-order valence-electron chi connectivity index (χ1n) is 3.89. The van der Waals surface area contributed by atoms with E-state index in [-0.39, 0.29) is 5.82 Å². The molecule has 0 saturated heterocycles. The van der Waals surface area contributed by atoms with Crippen LogP contribution in [-0.4, -0.2) is 15.0 Å². The molecule has 0 radical (unpaired) electrons.